The largest absolute Gasteiger partial charge is 0.459 e. The van der Waals surface area contributed by atoms with Crippen molar-refractivity contribution >= 4 is 17.8 Å². The highest BCUT2D eigenvalue weighted by Gasteiger charge is 2.39. The summed E-state index contributed by atoms with van der Waals surface area (Å²) in [7, 11) is 0. The molecular formula is C21H32N2O6. The lowest BCUT2D eigenvalue weighted by Crippen LogP contribution is -2.54. The summed E-state index contributed by atoms with van der Waals surface area (Å²) < 4.78 is 5.37. The average molecular weight is 408 g/mol. The van der Waals surface area contributed by atoms with Gasteiger partial charge >= 0.3 is 5.97 Å². The summed E-state index contributed by atoms with van der Waals surface area (Å²) in [5.74, 6) is -3.49. The van der Waals surface area contributed by atoms with E-state index in [4.69, 9.17) is 9.94 Å². The van der Waals surface area contributed by atoms with E-state index in [1.54, 1.807) is 20.8 Å². The number of aliphatic hydroxyl groups excluding tert-OH is 1. The van der Waals surface area contributed by atoms with E-state index in [0.717, 1.165) is 5.56 Å². The van der Waals surface area contributed by atoms with Crippen LogP contribution in [0.15, 0.2) is 30.3 Å². The molecule has 29 heavy (non-hydrogen) atoms. The fourth-order valence-corrected chi connectivity index (χ4v) is 2.83. The molecule has 0 fully saturated rings. The maximum atomic E-state index is 12.8. The zero-order chi connectivity index (χ0) is 22.2. The van der Waals surface area contributed by atoms with Crippen LogP contribution in [0, 0.1) is 17.3 Å². The molecule has 8 heteroatoms. The monoisotopic (exact) mass is 408 g/mol. The van der Waals surface area contributed by atoms with Crippen molar-refractivity contribution in [1.29, 1.82) is 0 Å². The Morgan fingerprint density at radius 1 is 1.07 bits per heavy atom. The number of hydrogen-bond donors (Lipinski definition) is 4. The van der Waals surface area contributed by atoms with E-state index in [0.29, 0.717) is 0 Å². The molecule has 1 aromatic rings. The van der Waals surface area contributed by atoms with Crippen molar-refractivity contribution < 1.29 is 29.4 Å². The second-order valence-corrected chi connectivity index (χ2v) is 8.56. The molecule has 1 aromatic carbocycles. The fraction of sp³-hybridized carbons (Fsp3) is 0.571. The summed E-state index contributed by atoms with van der Waals surface area (Å²) in [5, 5.41) is 21.6. The summed E-state index contributed by atoms with van der Waals surface area (Å²) in [6.45, 7) is 9.05. The van der Waals surface area contributed by atoms with Gasteiger partial charge in [0.05, 0.1) is 5.92 Å². The number of carbonyl (C=O) groups is 3. The third-order valence-corrected chi connectivity index (χ3v) is 4.43. The van der Waals surface area contributed by atoms with Crippen molar-refractivity contribution in [2.75, 3.05) is 0 Å². The van der Waals surface area contributed by atoms with Gasteiger partial charge in [-0.3, -0.25) is 14.8 Å². The summed E-state index contributed by atoms with van der Waals surface area (Å²) >= 11 is 0. The lowest BCUT2D eigenvalue weighted by molar-refractivity contribution is -0.154. The second-order valence-electron chi connectivity index (χ2n) is 8.56. The van der Waals surface area contributed by atoms with Crippen LogP contribution in [0.2, 0.25) is 0 Å². The lowest BCUT2D eigenvalue weighted by Gasteiger charge is -2.32. The number of hydroxylamine groups is 1. The van der Waals surface area contributed by atoms with Gasteiger partial charge in [0.2, 0.25) is 5.91 Å². The van der Waals surface area contributed by atoms with Crippen molar-refractivity contribution in [3.63, 3.8) is 0 Å². The van der Waals surface area contributed by atoms with Gasteiger partial charge in [0.15, 0.2) is 0 Å². The van der Waals surface area contributed by atoms with Gasteiger partial charge in [0.25, 0.3) is 5.91 Å². The number of carbonyl (C=O) groups excluding carboxylic acids is 3. The van der Waals surface area contributed by atoms with Gasteiger partial charge in [-0.2, -0.15) is 0 Å². The molecule has 8 nitrogen and oxygen atoms in total. The maximum Gasteiger partial charge on any atom is 0.329 e. The third-order valence-electron chi connectivity index (χ3n) is 4.43. The van der Waals surface area contributed by atoms with Gasteiger partial charge < -0.3 is 15.2 Å². The van der Waals surface area contributed by atoms with Crippen molar-refractivity contribution in [1.82, 2.24) is 10.8 Å². The van der Waals surface area contributed by atoms with E-state index in [-0.39, 0.29) is 18.9 Å². The average Bonchev–Trinajstić information content (AvgIpc) is 2.66. The molecule has 0 radical (unpaired) electrons. The summed E-state index contributed by atoms with van der Waals surface area (Å²) in [6, 6.07) is 8.16. The molecule has 0 spiro atoms. The quantitative estimate of drug-likeness (QED) is 0.280. The molecule has 0 aliphatic rings. The normalized spacial score (nSPS) is 14.6. The topological polar surface area (TPSA) is 125 Å². The van der Waals surface area contributed by atoms with Crippen LogP contribution >= 0.6 is 0 Å². The predicted molar refractivity (Wildman–Crippen MR) is 107 cm³/mol. The van der Waals surface area contributed by atoms with Gasteiger partial charge in [-0.25, -0.2) is 10.3 Å². The molecule has 0 heterocycles. The zero-order valence-corrected chi connectivity index (χ0v) is 17.6. The second kappa shape index (κ2) is 10.9. The molecule has 0 saturated carbocycles. The van der Waals surface area contributed by atoms with Crippen LogP contribution in [0.4, 0.5) is 0 Å². The molecular weight excluding hydrogens is 376 g/mol. The number of aliphatic hydroxyl groups is 1. The Morgan fingerprint density at radius 2 is 1.66 bits per heavy atom. The Balaban J connectivity index is 2.94. The molecule has 0 bridgehead atoms. The SMILES string of the molecule is CC(C)C[C@@H](C(=O)N[C@H](C(=O)OCc1ccccc1)C(C)(C)C)[C@H](O)C(=O)NO. The van der Waals surface area contributed by atoms with Gasteiger partial charge in [-0.1, -0.05) is 65.0 Å². The lowest BCUT2D eigenvalue weighted by atomic mass is 9.85. The van der Waals surface area contributed by atoms with Crippen LogP contribution in [0.1, 0.15) is 46.6 Å². The molecule has 0 aliphatic heterocycles. The summed E-state index contributed by atoms with van der Waals surface area (Å²) in [6.07, 6.45) is -1.56. The predicted octanol–water partition coefficient (Wildman–Crippen LogP) is 1.79. The smallest absolute Gasteiger partial charge is 0.329 e. The van der Waals surface area contributed by atoms with Crippen molar-refractivity contribution in [2.24, 2.45) is 17.3 Å². The van der Waals surface area contributed by atoms with Gasteiger partial charge in [-0.05, 0) is 23.3 Å². The van der Waals surface area contributed by atoms with Crippen LogP contribution < -0.4 is 10.8 Å². The van der Waals surface area contributed by atoms with E-state index in [1.165, 1.54) is 5.48 Å². The van der Waals surface area contributed by atoms with E-state index in [9.17, 15) is 19.5 Å². The zero-order valence-electron chi connectivity index (χ0n) is 17.6. The molecule has 162 valence electrons. The molecule has 1 rings (SSSR count). The number of amides is 2. The number of esters is 1. The summed E-state index contributed by atoms with van der Waals surface area (Å²) in [5.41, 5.74) is 1.50. The van der Waals surface area contributed by atoms with Crippen LogP contribution in [0.3, 0.4) is 0 Å². The number of hydrogen-bond acceptors (Lipinski definition) is 6. The fourth-order valence-electron chi connectivity index (χ4n) is 2.83. The first-order chi connectivity index (χ1) is 13.5. The molecule has 2 amide bonds. The highest BCUT2D eigenvalue weighted by molar-refractivity contribution is 5.91. The van der Waals surface area contributed by atoms with Crippen molar-refractivity contribution in [3.8, 4) is 0 Å². The van der Waals surface area contributed by atoms with Crippen LogP contribution in [0.5, 0.6) is 0 Å². The van der Waals surface area contributed by atoms with Gasteiger partial charge in [-0.15, -0.1) is 0 Å². The van der Waals surface area contributed by atoms with E-state index >= 15 is 0 Å². The van der Waals surface area contributed by atoms with Crippen LogP contribution in [-0.4, -0.2) is 40.2 Å². The van der Waals surface area contributed by atoms with Crippen molar-refractivity contribution in [2.45, 2.75) is 59.8 Å². The van der Waals surface area contributed by atoms with E-state index in [1.807, 2.05) is 44.2 Å². The van der Waals surface area contributed by atoms with E-state index in [2.05, 4.69) is 5.32 Å². The number of nitrogens with one attached hydrogen (secondary N) is 2. The Bertz CT molecular complexity index is 684. The Kier molecular flexibility index (Phi) is 9.26. The Hall–Kier alpha value is -2.45. The Morgan fingerprint density at radius 3 is 2.14 bits per heavy atom. The highest BCUT2D eigenvalue weighted by atomic mass is 16.5. The first-order valence-electron chi connectivity index (χ1n) is 9.60. The molecule has 3 atom stereocenters. The van der Waals surface area contributed by atoms with Crippen molar-refractivity contribution in [3.05, 3.63) is 35.9 Å². The molecule has 4 N–H and O–H groups in total. The first kappa shape index (κ1) is 24.6. The van der Waals surface area contributed by atoms with Gasteiger partial charge in [0.1, 0.15) is 18.8 Å². The number of ether oxygens (including phenoxy) is 1. The molecule has 0 aliphatic carbocycles. The minimum atomic E-state index is -1.75. The molecule has 0 saturated heterocycles. The summed E-state index contributed by atoms with van der Waals surface area (Å²) in [4.78, 5) is 37.2. The standard InChI is InChI=1S/C21H32N2O6/c1-13(2)11-15(16(24)19(26)23-28)18(25)22-17(21(3,4)5)20(27)29-12-14-9-7-6-8-10-14/h6-10,13,15-17,24,28H,11-12H2,1-5H3,(H,22,25)(H,23,26)/t15-,16+,17-/m1/s1. The minimum Gasteiger partial charge on any atom is -0.459 e. The van der Waals surface area contributed by atoms with Crippen LogP contribution in [-0.2, 0) is 25.7 Å². The Labute approximate surface area is 171 Å². The first-order valence-corrected chi connectivity index (χ1v) is 9.60. The minimum absolute atomic E-state index is 0.00925. The third kappa shape index (κ3) is 7.83. The molecule has 0 aromatic heterocycles. The van der Waals surface area contributed by atoms with Gasteiger partial charge in [0, 0.05) is 0 Å². The molecule has 0 unspecified atom stereocenters. The highest BCUT2D eigenvalue weighted by Crippen LogP contribution is 2.23. The van der Waals surface area contributed by atoms with Crippen LogP contribution in [0.25, 0.3) is 0 Å². The number of benzene rings is 1. The maximum absolute atomic E-state index is 12.8. The number of rotatable bonds is 9. The van der Waals surface area contributed by atoms with E-state index < -0.39 is 41.3 Å².